The number of hydrogen-bond donors (Lipinski definition) is 2. The lowest BCUT2D eigenvalue weighted by Crippen LogP contribution is -2.20. The van der Waals surface area contributed by atoms with E-state index in [1.807, 2.05) is 19.9 Å². The van der Waals surface area contributed by atoms with Crippen LogP contribution >= 0.6 is 15.9 Å². The molecule has 3 N–H and O–H groups in total. The molecule has 1 saturated carbocycles. The van der Waals surface area contributed by atoms with E-state index in [1.165, 1.54) is 0 Å². The normalized spacial score (nSPS) is 18.3. The third-order valence-corrected chi connectivity index (χ3v) is 3.80. The molecule has 1 aromatic rings. The largest absolute Gasteiger partial charge is 0.507 e. The van der Waals surface area contributed by atoms with Crippen molar-refractivity contribution in [3.05, 3.63) is 27.2 Å². The van der Waals surface area contributed by atoms with Gasteiger partial charge in [0.1, 0.15) is 5.75 Å². The first-order valence-electron chi connectivity index (χ1n) is 4.74. The van der Waals surface area contributed by atoms with Crippen LogP contribution in [0.4, 0.5) is 0 Å². The Balaban J connectivity index is 2.65. The molecule has 0 heterocycles. The molecule has 0 unspecified atom stereocenters. The molecule has 0 aromatic heterocycles. The van der Waals surface area contributed by atoms with Crippen LogP contribution in [0.25, 0.3) is 0 Å². The minimum atomic E-state index is -0.264. The number of hydrogen-bond acceptors (Lipinski definition) is 2. The van der Waals surface area contributed by atoms with Gasteiger partial charge in [-0.3, -0.25) is 0 Å². The first-order chi connectivity index (χ1) is 6.46. The van der Waals surface area contributed by atoms with Crippen LogP contribution in [0.1, 0.15) is 29.5 Å². The van der Waals surface area contributed by atoms with E-state index in [4.69, 9.17) is 5.73 Å². The molecular formula is C11H14BrNO. The molecule has 1 aliphatic carbocycles. The maximum atomic E-state index is 10.0. The molecule has 2 rings (SSSR count). The van der Waals surface area contributed by atoms with Crippen molar-refractivity contribution in [2.24, 2.45) is 5.73 Å². The number of aryl methyl sites for hydroxylation is 1. The molecule has 0 amide bonds. The summed E-state index contributed by atoms with van der Waals surface area (Å²) in [4.78, 5) is 0. The number of benzene rings is 1. The molecule has 76 valence electrons. The highest BCUT2D eigenvalue weighted by molar-refractivity contribution is 9.10. The van der Waals surface area contributed by atoms with Gasteiger partial charge in [-0.15, -0.1) is 0 Å². The standard InChI is InChI=1S/C11H14BrNO/c1-6-5-8(12)7(2)10(14)9(6)11(13)3-4-11/h5,14H,3-4,13H2,1-2H3. The fraction of sp³-hybridized carbons (Fsp3) is 0.455. The maximum Gasteiger partial charge on any atom is 0.124 e. The van der Waals surface area contributed by atoms with Crippen LogP contribution in [0.3, 0.4) is 0 Å². The zero-order valence-corrected chi connectivity index (χ0v) is 9.98. The van der Waals surface area contributed by atoms with Crippen molar-refractivity contribution >= 4 is 15.9 Å². The monoisotopic (exact) mass is 255 g/mol. The minimum Gasteiger partial charge on any atom is -0.507 e. The Morgan fingerprint density at radius 1 is 1.43 bits per heavy atom. The first kappa shape index (κ1) is 9.99. The SMILES string of the molecule is Cc1cc(Br)c(C)c(O)c1C1(N)CC1. The summed E-state index contributed by atoms with van der Waals surface area (Å²) in [5, 5.41) is 10.0. The number of aromatic hydroxyl groups is 1. The predicted octanol–water partition coefficient (Wildman–Crippen LogP) is 2.72. The van der Waals surface area contributed by atoms with Gasteiger partial charge < -0.3 is 10.8 Å². The van der Waals surface area contributed by atoms with Crippen molar-refractivity contribution in [3.8, 4) is 5.75 Å². The molecule has 0 aliphatic heterocycles. The second kappa shape index (κ2) is 2.97. The van der Waals surface area contributed by atoms with Gasteiger partial charge in [-0.25, -0.2) is 0 Å². The van der Waals surface area contributed by atoms with Crippen LogP contribution in [0, 0.1) is 13.8 Å². The van der Waals surface area contributed by atoms with E-state index in [0.717, 1.165) is 34.0 Å². The second-order valence-corrected chi connectivity index (χ2v) is 5.03. The number of nitrogens with two attached hydrogens (primary N) is 1. The van der Waals surface area contributed by atoms with Gasteiger partial charge in [-0.1, -0.05) is 15.9 Å². The van der Waals surface area contributed by atoms with Crippen molar-refractivity contribution in [2.75, 3.05) is 0 Å². The molecule has 0 spiro atoms. The van der Waals surface area contributed by atoms with Gasteiger partial charge in [0.05, 0.1) is 0 Å². The van der Waals surface area contributed by atoms with E-state index in [1.54, 1.807) is 0 Å². The van der Waals surface area contributed by atoms with Gasteiger partial charge in [0.2, 0.25) is 0 Å². The minimum absolute atomic E-state index is 0.264. The van der Waals surface area contributed by atoms with Crippen molar-refractivity contribution in [1.29, 1.82) is 0 Å². The summed E-state index contributed by atoms with van der Waals surface area (Å²) >= 11 is 3.42. The van der Waals surface area contributed by atoms with Crippen molar-refractivity contribution in [2.45, 2.75) is 32.2 Å². The molecule has 0 atom stereocenters. The maximum absolute atomic E-state index is 10.0. The predicted molar refractivity (Wildman–Crippen MR) is 60.4 cm³/mol. The van der Waals surface area contributed by atoms with Crippen LogP contribution in [0.2, 0.25) is 0 Å². The smallest absolute Gasteiger partial charge is 0.124 e. The van der Waals surface area contributed by atoms with Gasteiger partial charge >= 0.3 is 0 Å². The van der Waals surface area contributed by atoms with Crippen molar-refractivity contribution in [3.63, 3.8) is 0 Å². The Morgan fingerprint density at radius 3 is 2.50 bits per heavy atom. The molecular weight excluding hydrogens is 242 g/mol. The zero-order chi connectivity index (χ0) is 10.5. The molecule has 1 fully saturated rings. The molecule has 1 aromatic carbocycles. The summed E-state index contributed by atoms with van der Waals surface area (Å²) in [7, 11) is 0. The molecule has 1 aliphatic rings. The molecule has 3 heteroatoms. The third-order valence-electron chi connectivity index (χ3n) is 2.97. The van der Waals surface area contributed by atoms with Crippen LogP contribution in [0.5, 0.6) is 5.75 Å². The third kappa shape index (κ3) is 1.35. The fourth-order valence-corrected chi connectivity index (χ4v) is 2.40. The lowest BCUT2D eigenvalue weighted by Gasteiger charge is -2.17. The van der Waals surface area contributed by atoms with Crippen LogP contribution in [0.15, 0.2) is 10.5 Å². The van der Waals surface area contributed by atoms with E-state index >= 15 is 0 Å². The van der Waals surface area contributed by atoms with Crippen LogP contribution in [-0.4, -0.2) is 5.11 Å². The Morgan fingerprint density at radius 2 is 2.00 bits per heavy atom. The number of halogens is 1. The van der Waals surface area contributed by atoms with Crippen molar-refractivity contribution < 1.29 is 5.11 Å². The summed E-state index contributed by atoms with van der Waals surface area (Å²) in [5.41, 5.74) is 8.72. The molecule has 2 nitrogen and oxygen atoms in total. The lowest BCUT2D eigenvalue weighted by molar-refractivity contribution is 0.454. The molecule has 0 radical (unpaired) electrons. The summed E-state index contributed by atoms with van der Waals surface area (Å²) in [6.07, 6.45) is 1.95. The van der Waals surface area contributed by atoms with E-state index < -0.39 is 0 Å². The van der Waals surface area contributed by atoms with E-state index in [9.17, 15) is 5.11 Å². The zero-order valence-electron chi connectivity index (χ0n) is 8.39. The molecule has 14 heavy (non-hydrogen) atoms. The van der Waals surface area contributed by atoms with Gasteiger partial charge in [0, 0.05) is 21.1 Å². The van der Waals surface area contributed by atoms with Gasteiger partial charge in [0.25, 0.3) is 0 Å². The van der Waals surface area contributed by atoms with Gasteiger partial charge in [-0.05, 0) is 38.3 Å². The second-order valence-electron chi connectivity index (χ2n) is 4.18. The number of phenols is 1. The average Bonchev–Trinajstić information content (AvgIpc) is 2.80. The first-order valence-corrected chi connectivity index (χ1v) is 5.53. The summed E-state index contributed by atoms with van der Waals surface area (Å²) in [6.45, 7) is 3.89. The number of phenolic OH excluding ortho intramolecular Hbond substituents is 1. The molecule has 0 bridgehead atoms. The van der Waals surface area contributed by atoms with Crippen LogP contribution < -0.4 is 5.73 Å². The highest BCUT2D eigenvalue weighted by atomic mass is 79.9. The summed E-state index contributed by atoms with van der Waals surface area (Å²) in [5.74, 6) is 0.358. The Labute approximate surface area is 92.3 Å². The fourth-order valence-electron chi connectivity index (χ4n) is 1.87. The van der Waals surface area contributed by atoms with Gasteiger partial charge in [-0.2, -0.15) is 0 Å². The van der Waals surface area contributed by atoms with Gasteiger partial charge in [0.15, 0.2) is 0 Å². The summed E-state index contributed by atoms with van der Waals surface area (Å²) < 4.78 is 0.945. The lowest BCUT2D eigenvalue weighted by atomic mass is 9.96. The topological polar surface area (TPSA) is 46.2 Å². The molecule has 0 saturated heterocycles. The van der Waals surface area contributed by atoms with E-state index in [0.29, 0.717) is 5.75 Å². The van der Waals surface area contributed by atoms with Crippen LogP contribution in [-0.2, 0) is 5.54 Å². The Hall–Kier alpha value is -0.540. The van der Waals surface area contributed by atoms with E-state index in [2.05, 4.69) is 15.9 Å². The Bertz CT molecular complexity index is 397. The highest BCUT2D eigenvalue weighted by Gasteiger charge is 2.43. The highest BCUT2D eigenvalue weighted by Crippen LogP contribution is 2.49. The quantitative estimate of drug-likeness (QED) is 0.811. The van der Waals surface area contributed by atoms with Crippen molar-refractivity contribution in [1.82, 2.24) is 0 Å². The Kier molecular flexibility index (Phi) is 2.12. The summed E-state index contributed by atoms with van der Waals surface area (Å²) in [6, 6.07) is 2.03. The van der Waals surface area contributed by atoms with E-state index in [-0.39, 0.29) is 5.54 Å². The number of rotatable bonds is 1. The average molecular weight is 256 g/mol.